The van der Waals surface area contributed by atoms with Crippen molar-refractivity contribution < 1.29 is 5.11 Å². The van der Waals surface area contributed by atoms with E-state index in [1.807, 2.05) is 26.1 Å². The molecule has 0 atom stereocenters. The lowest BCUT2D eigenvalue weighted by Gasteiger charge is -2.27. The van der Waals surface area contributed by atoms with Gasteiger partial charge < -0.3 is 15.4 Å². The van der Waals surface area contributed by atoms with Crippen LogP contribution in [0, 0.1) is 25.2 Å². The van der Waals surface area contributed by atoms with Gasteiger partial charge in [0, 0.05) is 40.5 Å². The predicted octanol–water partition coefficient (Wildman–Crippen LogP) is 4.25. The van der Waals surface area contributed by atoms with Gasteiger partial charge in [-0.2, -0.15) is 5.26 Å². The SMILES string of the molecule is Cc1cc2c(cc1C#N)c(-c1cncc(N)c1C)cn2C1CCC(O)CC1. The summed E-state index contributed by atoms with van der Waals surface area (Å²) < 4.78 is 2.33. The second-order valence-electron chi connectivity index (χ2n) is 7.61. The summed E-state index contributed by atoms with van der Waals surface area (Å²) in [4.78, 5) is 4.29. The normalized spacial score (nSPS) is 19.9. The number of aryl methyl sites for hydroxylation is 1. The van der Waals surface area contributed by atoms with Gasteiger partial charge in [-0.1, -0.05) is 0 Å². The van der Waals surface area contributed by atoms with Crippen molar-refractivity contribution in [2.24, 2.45) is 0 Å². The predicted molar refractivity (Wildman–Crippen MR) is 107 cm³/mol. The molecule has 0 amide bonds. The average molecular weight is 360 g/mol. The van der Waals surface area contributed by atoms with Crippen LogP contribution in [0.25, 0.3) is 22.0 Å². The third-order valence-electron chi connectivity index (χ3n) is 5.90. The number of pyridine rings is 1. The van der Waals surface area contributed by atoms with Crippen LogP contribution in [0.2, 0.25) is 0 Å². The maximum atomic E-state index is 9.88. The monoisotopic (exact) mass is 360 g/mol. The number of benzene rings is 1. The largest absolute Gasteiger partial charge is 0.397 e. The summed E-state index contributed by atoms with van der Waals surface area (Å²) in [5.74, 6) is 0. The van der Waals surface area contributed by atoms with Crippen LogP contribution in [0.4, 0.5) is 5.69 Å². The Hall–Kier alpha value is -2.84. The molecule has 0 unspecified atom stereocenters. The van der Waals surface area contributed by atoms with Crippen molar-refractivity contribution >= 4 is 16.6 Å². The van der Waals surface area contributed by atoms with Crippen molar-refractivity contribution in [1.82, 2.24) is 9.55 Å². The van der Waals surface area contributed by atoms with E-state index >= 15 is 0 Å². The van der Waals surface area contributed by atoms with Crippen LogP contribution in [-0.4, -0.2) is 20.8 Å². The molecule has 27 heavy (non-hydrogen) atoms. The Balaban J connectivity index is 1.96. The van der Waals surface area contributed by atoms with Crippen LogP contribution >= 0.6 is 0 Å². The molecule has 0 bridgehead atoms. The fraction of sp³-hybridized carbons (Fsp3) is 0.364. The summed E-state index contributed by atoms with van der Waals surface area (Å²) in [5, 5.41) is 20.4. The molecule has 4 rings (SSSR count). The first-order valence-corrected chi connectivity index (χ1v) is 9.43. The molecule has 1 saturated carbocycles. The highest BCUT2D eigenvalue weighted by molar-refractivity contribution is 5.98. The topological polar surface area (TPSA) is 87.9 Å². The lowest BCUT2D eigenvalue weighted by Crippen LogP contribution is -2.20. The lowest BCUT2D eigenvalue weighted by molar-refractivity contribution is 0.111. The Morgan fingerprint density at radius 1 is 1.15 bits per heavy atom. The lowest BCUT2D eigenvalue weighted by atomic mass is 9.93. The van der Waals surface area contributed by atoms with E-state index in [1.165, 1.54) is 0 Å². The summed E-state index contributed by atoms with van der Waals surface area (Å²) in [6.45, 7) is 3.98. The first kappa shape index (κ1) is 17.6. The molecule has 3 aromatic rings. The Labute approximate surface area is 159 Å². The summed E-state index contributed by atoms with van der Waals surface area (Å²) in [6.07, 6.45) is 9.08. The number of hydrogen-bond acceptors (Lipinski definition) is 4. The molecule has 1 aromatic carbocycles. The zero-order chi connectivity index (χ0) is 19.1. The number of nitriles is 1. The molecule has 5 heteroatoms. The molecule has 0 radical (unpaired) electrons. The van der Waals surface area contributed by atoms with Crippen molar-refractivity contribution in [2.45, 2.75) is 51.7 Å². The molecule has 2 heterocycles. The van der Waals surface area contributed by atoms with Gasteiger partial charge in [-0.25, -0.2) is 0 Å². The van der Waals surface area contributed by atoms with Crippen LogP contribution in [0.1, 0.15) is 48.4 Å². The molecule has 1 aliphatic rings. The van der Waals surface area contributed by atoms with Gasteiger partial charge in [0.05, 0.1) is 29.6 Å². The van der Waals surface area contributed by atoms with E-state index in [-0.39, 0.29) is 6.10 Å². The van der Waals surface area contributed by atoms with E-state index in [1.54, 1.807) is 6.20 Å². The van der Waals surface area contributed by atoms with Gasteiger partial charge in [-0.05, 0) is 62.8 Å². The van der Waals surface area contributed by atoms with Crippen molar-refractivity contribution in [1.29, 1.82) is 5.26 Å². The van der Waals surface area contributed by atoms with Gasteiger partial charge in [-0.3, -0.25) is 4.98 Å². The molecular weight excluding hydrogens is 336 g/mol. The number of fused-ring (bicyclic) bond motifs is 1. The number of nitrogens with zero attached hydrogens (tertiary/aromatic N) is 3. The second kappa shape index (κ2) is 6.71. The number of nitrogen functional groups attached to an aromatic ring is 1. The van der Waals surface area contributed by atoms with Crippen LogP contribution in [0.15, 0.2) is 30.7 Å². The fourth-order valence-corrected chi connectivity index (χ4v) is 4.19. The van der Waals surface area contributed by atoms with Crippen molar-refractivity contribution in [3.63, 3.8) is 0 Å². The average Bonchev–Trinajstić information content (AvgIpc) is 3.02. The van der Waals surface area contributed by atoms with Crippen molar-refractivity contribution in [3.8, 4) is 17.2 Å². The molecule has 0 spiro atoms. The van der Waals surface area contributed by atoms with Crippen molar-refractivity contribution in [3.05, 3.63) is 47.4 Å². The minimum atomic E-state index is -0.185. The molecule has 1 fully saturated rings. The minimum absolute atomic E-state index is 0.185. The van der Waals surface area contributed by atoms with E-state index in [9.17, 15) is 10.4 Å². The third kappa shape index (κ3) is 2.96. The van der Waals surface area contributed by atoms with Gasteiger partial charge in [-0.15, -0.1) is 0 Å². The Kier molecular flexibility index (Phi) is 4.37. The summed E-state index contributed by atoms with van der Waals surface area (Å²) in [5.41, 5.74) is 12.6. The Morgan fingerprint density at radius 3 is 2.59 bits per heavy atom. The minimum Gasteiger partial charge on any atom is -0.397 e. The number of nitrogens with two attached hydrogens (primary N) is 1. The van der Waals surface area contributed by atoms with Crippen LogP contribution in [0.3, 0.4) is 0 Å². The third-order valence-corrected chi connectivity index (χ3v) is 5.90. The maximum absolute atomic E-state index is 9.88. The molecule has 3 N–H and O–H groups in total. The summed E-state index contributed by atoms with van der Waals surface area (Å²) >= 11 is 0. The number of aliphatic hydroxyl groups is 1. The molecular formula is C22H24N4O. The summed E-state index contributed by atoms with van der Waals surface area (Å²) in [6, 6.07) is 6.75. The molecule has 1 aliphatic carbocycles. The van der Waals surface area contributed by atoms with Crippen LogP contribution < -0.4 is 5.73 Å². The zero-order valence-corrected chi connectivity index (χ0v) is 15.7. The molecule has 0 aliphatic heterocycles. The zero-order valence-electron chi connectivity index (χ0n) is 15.7. The second-order valence-corrected chi connectivity index (χ2v) is 7.61. The Bertz CT molecular complexity index is 1050. The van der Waals surface area contributed by atoms with E-state index in [2.05, 4.69) is 27.9 Å². The molecule has 138 valence electrons. The standard InChI is InChI=1S/C22H24N4O/c1-13-7-22-18(8-15(13)9-23)20(19-10-25-11-21(24)14(19)2)12-26(22)16-3-5-17(27)6-4-16/h7-8,10-12,16-17,27H,3-6,24H2,1-2H3. The molecule has 2 aromatic heterocycles. The fourth-order valence-electron chi connectivity index (χ4n) is 4.19. The van der Waals surface area contributed by atoms with Gasteiger partial charge in [0.2, 0.25) is 0 Å². The van der Waals surface area contributed by atoms with E-state index < -0.39 is 0 Å². The maximum Gasteiger partial charge on any atom is 0.0994 e. The van der Waals surface area contributed by atoms with Gasteiger partial charge in [0.15, 0.2) is 0 Å². The number of aromatic nitrogens is 2. The molecule has 0 saturated heterocycles. The smallest absolute Gasteiger partial charge is 0.0994 e. The van der Waals surface area contributed by atoms with Gasteiger partial charge in [0.25, 0.3) is 0 Å². The number of rotatable bonds is 2. The Morgan fingerprint density at radius 2 is 1.89 bits per heavy atom. The number of hydrogen-bond donors (Lipinski definition) is 2. The van der Waals surface area contributed by atoms with Gasteiger partial charge in [0.1, 0.15) is 0 Å². The van der Waals surface area contributed by atoms with E-state index in [0.29, 0.717) is 17.3 Å². The first-order chi connectivity index (χ1) is 13.0. The number of aliphatic hydroxyl groups excluding tert-OH is 1. The van der Waals surface area contributed by atoms with Gasteiger partial charge >= 0.3 is 0 Å². The van der Waals surface area contributed by atoms with E-state index in [0.717, 1.165) is 58.8 Å². The highest BCUT2D eigenvalue weighted by Crippen LogP contribution is 2.39. The van der Waals surface area contributed by atoms with Crippen LogP contribution in [0.5, 0.6) is 0 Å². The highest BCUT2D eigenvalue weighted by atomic mass is 16.3. The van der Waals surface area contributed by atoms with Crippen molar-refractivity contribution in [2.75, 3.05) is 5.73 Å². The first-order valence-electron chi connectivity index (χ1n) is 9.43. The summed E-state index contributed by atoms with van der Waals surface area (Å²) in [7, 11) is 0. The molecule has 5 nitrogen and oxygen atoms in total. The highest BCUT2D eigenvalue weighted by Gasteiger charge is 2.24. The van der Waals surface area contributed by atoms with E-state index in [4.69, 9.17) is 5.73 Å². The number of anilines is 1. The van der Waals surface area contributed by atoms with Crippen LogP contribution in [-0.2, 0) is 0 Å². The quantitative estimate of drug-likeness (QED) is 0.715.